The number of nitrogens with zero attached hydrogens (tertiary/aromatic N) is 2. The summed E-state index contributed by atoms with van der Waals surface area (Å²) in [6, 6.07) is 4.35. The fourth-order valence-corrected chi connectivity index (χ4v) is 2.53. The molecule has 5 heteroatoms. The number of carbonyl (C=O) groups is 1. The molecule has 0 spiro atoms. The molecule has 19 heavy (non-hydrogen) atoms. The van der Waals surface area contributed by atoms with Gasteiger partial charge in [0.1, 0.15) is 0 Å². The fourth-order valence-electron chi connectivity index (χ4n) is 2.53. The van der Waals surface area contributed by atoms with E-state index in [2.05, 4.69) is 29.3 Å². The minimum absolute atomic E-state index is 0.0159. The van der Waals surface area contributed by atoms with Gasteiger partial charge in [-0.1, -0.05) is 6.42 Å². The molecule has 2 unspecified atom stereocenters. The predicted octanol–water partition coefficient (Wildman–Crippen LogP) is 1.50. The highest BCUT2D eigenvalue weighted by Gasteiger charge is 2.25. The Bertz CT molecular complexity index is 422. The first-order chi connectivity index (χ1) is 9.06. The molecule has 1 saturated heterocycles. The lowest BCUT2D eigenvalue weighted by molar-refractivity contribution is -0.128. The third-order valence-corrected chi connectivity index (χ3v) is 3.64. The average molecular weight is 262 g/mol. The minimum Gasteiger partial charge on any atom is -0.397 e. The van der Waals surface area contributed by atoms with E-state index in [1.165, 1.54) is 6.42 Å². The Balaban J connectivity index is 1.91. The third kappa shape index (κ3) is 3.67. The van der Waals surface area contributed by atoms with Crippen LogP contribution >= 0.6 is 0 Å². The Kier molecular flexibility index (Phi) is 4.37. The molecule has 1 aliphatic heterocycles. The van der Waals surface area contributed by atoms with Crippen molar-refractivity contribution in [3.05, 3.63) is 24.0 Å². The normalized spacial score (nSPS) is 24.1. The molecule has 1 amide bonds. The molecule has 1 aromatic heterocycles. The van der Waals surface area contributed by atoms with Crippen LogP contribution in [0.5, 0.6) is 0 Å². The van der Waals surface area contributed by atoms with E-state index in [4.69, 9.17) is 5.73 Å². The second-order valence-corrected chi connectivity index (χ2v) is 5.33. The number of hydrogen-bond acceptors (Lipinski definition) is 4. The number of hydrogen-bond donors (Lipinski definition) is 2. The number of aromatic nitrogens is 1. The molecule has 1 aliphatic rings. The molecule has 104 valence electrons. The van der Waals surface area contributed by atoms with Gasteiger partial charge in [-0.05, 0) is 38.8 Å². The van der Waals surface area contributed by atoms with E-state index in [1.54, 1.807) is 18.3 Å². The van der Waals surface area contributed by atoms with Crippen molar-refractivity contribution in [1.82, 2.24) is 15.4 Å². The Morgan fingerprint density at radius 1 is 1.42 bits per heavy atom. The van der Waals surface area contributed by atoms with Crippen LogP contribution in [0.1, 0.15) is 38.8 Å². The van der Waals surface area contributed by atoms with Gasteiger partial charge < -0.3 is 5.73 Å². The number of hydrazine groups is 1. The lowest BCUT2D eigenvalue weighted by Gasteiger charge is -2.38. The molecule has 1 fully saturated rings. The maximum absolute atomic E-state index is 12.0. The summed E-state index contributed by atoms with van der Waals surface area (Å²) in [5.74, 6) is -0.0159. The Labute approximate surface area is 114 Å². The molecule has 1 aromatic rings. The number of carbonyl (C=O) groups excluding carboxylic acids is 1. The van der Waals surface area contributed by atoms with Crippen LogP contribution in [0.2, 0.25) is 0 Å². The Morgan fingerprint density at radius 2 is 2.11 bits per heavy atom. The fraction of sp³-hybridized carbons (Fsp3) is 0.571. The van der Waals surface area contributed by atoms with Crippen LogP contribution in [0.25, 0.3) is 0 Å². The van der Waals surface area contributed by atoms with E-state index in [0.717, 1.165) is 18.5 Å². The summed E-state index contributed by atoms with van der Waals surface area (Å²) >= 11 is 0. The number of pyridine rings is 1. The van der Waals surface area contributed by atoms with Gasteiger partial charge >= 0.3 is 0 Å². The topological polar surface area (TPSA) is 71.2 Å². The second-order valence-electron chi connectivity index (χ2n) is 5.33. The smallest absolute Gasteiger partial charge is 0.240 e. The van der Waals surface area contributed by atoms with Crippen molar-refractivity contribution in [3.63, 3.8) is 0 Å². The van der Waals surface area contributed by atoms with Crippen molar-refractivity contribution in [2.45, 2.75) is 51.6 Å². The molecule has 2 rings (SSSR count). The highest BCUT2D eigenvalue weighted by atomic mass is 16.2. The van der Waals surface area contributed by atoms with E-state index in [1.807, 2.05) is 0 Å². The first-order valence-electron chi connectivity index (χ1n) is 6.84. The van der Waals surface area contributed by atoms with Crippen molar-refractivity contribution < 1.29 is 4.79 Å². The molecule has 0 bridgehead atoms. The highest BCUT2D eigenvalue weighted by Crippen LogP contribution is 2.20. The van der Waals surface area contributed by atoms with Gasteiger partial charge in [0, 0.05) is 17.8 Å². The van der Waals surface area contributed by atoms with Gasteiger partial charge in [0.15, 0.2) is 0 Å². The summed E-state index contributed by atoms with van der Waals surface area (Å²) in [6.07, 6.45) is 5.36. The zero-order valence-corrected chi connectivity index (χ0v) is 11.6. The third-order valence-electron chi connectivity index (χ3n) is 3.64. The molecule has 3 N–H and O–H groups in total. The maximum atomic E-state index is 12.0. The van der Waals surface area contributed by atoms with E-state index in [9.17, 15) is 4.79 Å². The number of amides is 1. The quantitative estimate of drug-likeness (QED) is 0.866. The predicted molar refractivity (Wildman–Crippen MR) is 75.1 cm³/mol. The molecule has 0 aromatic carbocycles. The van der Waals surface area contributed by atoms with E-state index < -0.39 is 0 Å². The molecule has 5 nitrogen and oxygen atoms in total. The lowest BCUT2D eigenvalue weighted by Crippen LogP contribution is -2.54. The zero-order valence-electron chi connectivity index (χ0n) is 11.6. The number of anilines is 1. The van der Waals surface area contributed by atoms with Gasteiger partial charge in [0.2, 0.25) is 5.91 Å². The number of rotatable bonds is 3. The van der Waals surface area contributed by atoms with Crippen molar-refractivity contribution in [1.29, 1.82) is 0 Å². The van der Waals surface area contributed by atoms with Crippen LogP contribution in [0.3, 0.4) is 0 Å². The Hall–Kier alpha value is -1.62. The van der Waals surface area contributed by atoms with E-state index in [-0.39, 0.29) is 12.3 Å². The largest absolute Gasteiger partial charge is 0.397 e. The summed E-state index contributed by atoms with van der Waals surface area (Å²) in [4.78, 5) is 16.2. The van der Waals surface area contributed by atoms with Crippen LogP contribution in [0.15, 0.2) is 18.3 Å². The van der Waals surface area contributed by atoms with Gasteiger partial charge in [-0.2, -0.15) is 0 Å². The van der Waals surface area contributed by atoms with Crippen molar-refractivity contribution in [3.8, 4) is 0 Å². The second kappa shape index (κ2) is 6.02. The van der Waals surface area contributed by atoms with Crippen molar-refractivity contribution in [2.24, 2.45) is 0 Å². The van der Waals surface area contributed by atoms with E-state index >= 15 is 0 Å². The molecule has 0 radical (unpaired) electrons. The van der Waals surface area contributed by atoms with Gasteiger partial charge in [-0.25, -0.2) is 5.01 Å². The Morgan fingerprint density at radius 3 is 2.68 bits per heavy atom. The monoisotopic (exact) mass is 262 g/mol. The van der Waals surface area contributed by atoms with Crippen molar-refractivity contribution >= 4 is 11.6 Å². The standard InChI is InChI=1S/C14H22N4O/c1-10-4-3-5-11(2)18(10)17-14(19)8-13-7-6-12(15)9-16-13/h6-7,9-11H,3-5,8,15H2,1-2H3,(H,17,19). The van der Waals surface area contributed by atoms with Gasteiger partial charge in [-0.3, -0.25) is 15.2 Å². The number of nitrogens with one attached hydrogen (secondary N) is 1. The van der Waals surface area contributed by atoms with Crippen LogP contribution < -0.4 is 11.2 Å². The summed E-state index contributed by atoms with van der Waals surface area (Å²) in [7, 11) is 0. The number of nitrogen functional groups attached to an aromatic ring is 1. The summed E-state index contributed by atoms with van der Waals surface area (Å²) in [6.45, 7) is 4.30. The molecule has 0 aliphatic carbocycles. The van der Waals surface area contributed by atoms with Crippen LogP contribution in [0.4, 0.5) is 5.69 Å². The first-order valence-corrected chi connectivity index (χ1v) is 6.84. The molecular formula is C14H22N4O. The van der Waals surface area contributed by atoms with Crippen LogP contribution in [-0.2, 0) is 11.2 Å². The summed E-state index contributed by atoms with van der Waals surface area (Å²) in [5, 5.41) is 2.07. The molecule has 2 atom stereocenters. The van der Waals surface area contributed by atoms with Gasteiger partial charge in [-0.15, -0.1) is 0 Å². The SMILES string of the molecule is CC1CCCC(C)N1NC(=O)Cc1ccc(N)cn1. The average Bonchev–Trinajstić information content (AvgIpc) is 2.37. The molecule has 0 saturated carbocycles. The highest BCUT2D eigenvalue weighted by molar-refractivity contribution is 5.77. The lowest BCUT2D eigenvalue weighted by atomic mass is 10.00. The number of nitrogens with two attached hydrogens (primary N) is 1. The van der Waals surface area contributed by atoms with Gasteiger partial charge in [0.25, 0.3) is 0 Å². The van der Waals surface area contributed by atoms with Gasteiger partial charge in [0.05, 0.1) is 18.3 Å². The molecule has 2 heterocycles. The van der Waals surface area contributed by atoms with E-state index in [0.29, 0.717) is 17.8 Å². The summed E-state index contributed by atoms with van der Waals surface area (Å²) < 4.78 is 0. The van der Waals surface area contributed by atoms with Crippen LogP contribution in [-0.4, -0.2) is 28.0 Å². The van der Waals surface area contributed by atoms with Crippen LogP contribution in [0, 0.1) is 0 Å². The first kappa shape index (κ1) is 13.8. The number of piperidine rings is 1. The minimum atomic E-state index is -0.0159. The zero-order chi connectivity index (χ0) is 13.8. The summed E-state index contributed by atoms with van der Waals surface area (Å²) in [5.41, 5.74) is 9.93. The molecular weight excluding hydrogens is 240 g/mol. The maximum Gasteiger partial charge on any atom is 0.240 e. The van der Waals surface area contributed by atoms with Crippen molar-refractivity contribution in [2.75, 3.05) is 5.73 Å².